The maximum absolute atomic E-state index is 13.2. The van der Waals surface area contributed by atoms with Crippen molar-refractivity contribution in [3.63, 3.8) is 0 Å². The second-order valence-corrected chi connectivity index (χ2v) is 9.27. The fourth-order valence-electron chi connectivity index (χ4n) is 3.83. The SMILES string of the molecule is COOCCCC(=O)NC(C)C(=O)NC(C)C(=O)N1CCC[C@H]1C(=O)N/C(=C(/OC(C)=O)C(=O)OC)C(C)C. The van der Waals surface area contributed by atoms with Gasteiger partial charge in [-0.05, 0) is 39.0 Å². The fraction of sp³-hybridized carbons (Fsp3) is 0.680. The van der Waals surface area contributed by atoms with Gasteiger partial charge in [0.15, 0.2) is 0 Å². The molecule has 14 heteroatoms. The van der Waals surface area contributed by atoms with E-state index < -0.39 is 59.5 Å². The predicted molar refractivity (Wildman–Crippen MR) is 136 cm³/mol. The first-order chi connectivity index (χ1) is 18.3. The average molecular weight is 557 g/mol. The van der Waals surface area contributed by atoms with E-state index in [9.17, 15) is 28.8 Å². The normalized spacial score (nSPS) is 17.0. The van der Waals surface area contributed by atoms with Crippen molar-refractivity contribution in [2.75, 3.05) is 27.4 Å². The first-order valence-corrected chi connectivity index (χ1v) is 12.7. The minimum atomic E-state index is -0.979. The van der Waals surface area contributed by atoms with E-state index >= 15 is 0 Å². The highest BCUT2D eigenvalue weighted by Crippen LogP contribution is 2.21. The van der Waals surface area contributed by atoms with E-state index in [0.717, 1.165) is 14.0 Å². The smallest absolute Gasteiger partial charge is 0.375 e. The van der Waals surface area contributed by atoms with Crippen molar-refractivity contribution in [1.29, 1.82) is 0 Å². The number of nitrogens with one attached hydrogen (secondary N) is 3. The van der Waals surface area contributed by atoms with Crippen LogP contribution in [0.1, 0.15) is 60.3 Å². The summed E-state index contributed by atoms with van der Waals surface area (Å²) < 4.78 is 9.69. The van der Waals surface area contributed by atoms with Crippen LogP contribution in [-0.4, -0.2) is 86.0 Å². The van der Waals surface area contributed by atoms with Crippen molar-refractivity contribution >= 4 is 35.6 Å². The van der Waals surface area contributed by atoms with E-state index in [1.165, 1.54) is 25.9 Å². The minimum Gasteiger partial charge on any atom is -0.463 e. The molecule has 0 saturated carbocycles. The Morgan fingerprint density at radius 1 is 0.974 bits per heavy atom. The lowest BCUT2D eigenvalue weighted by Crippen LogP contribution is -2.55. The lowest BCUT2D eigenvalue weighted by atomic mass is 10.1. The molecule has 14 nitrogen and oxygen atoms in total. The maximum atomic E-state index is 13.2. The van der Waals surface area contributed by atoms with Crippen LogP contribution in [0.3, 0.4) is 0 Å². The Balaban J connectivity index is 2.87. The lowest BCUT2D eigenvalue weighted by Gasteiger charge is -2.28. The van der Waals surface area contributed by atoms with Crippen LogP contribution in [0.15, 0.2) is 11.5 Å². The van der Waals surface area contributed by atoms with Crippen molar-refractivity contribution in [2.45, 2.75) is 78.4 Å². The molecule has 1 fully saturated rings. The summed E-state index contributed by atoms with van der Waals surface area (Å²) in [5, 5.41) is 7.75. The highest BCUT2D eigenvalue weighted by molar-refractivity contribution is 5.95. The number of hydrogen-bond donors (Lipinski definition) is 3. The van der Waals surface area contributed by atoms with E-state index in [2.05, 4.69) is 25.6 Å². The molecule has 3 N–H and O–H groups in total. The zero-order valence-electron chi connectivity index (χ0n) is 23.6. The van der Waals surface area contributed by atoms with Crippen molar-refractivity contribution < 1.29 is 48.0 Å². The summed E-state index contributed by atoms with van der Waals surface area (Å²) in [7, 11) is 2.47. The van der Waals surface area contributed by atoms with Gasteiger partial charge in [0.25, 0.3) is 0 Å². The first-order valence-electron chi connectivity index (χ1n) is 12.7. The number of ether oxygens (including phenoxy) is 2. The van der Waals surface area contributed by atoms with E-state index in [1.807, 2.05) is 0 Å². The van der Waals surface area contributed by atoms with Gasteiger partial charge in [0.05, 0.1) is 26.5 Å². The van der Waals surface area contributed by atoms with Crippen LogP contribution < -0.4 is 16.0 Å². The third-order valence-corrected chi connectivity index (χ3v) is 5.78. The molecule has 0 radical (unpaired) electrons. The van der Waals surface area contributed by atoms with Crippen LogP contribution in [0, 0.1) is 5.92 Å². The van der Waals surface area contributed by atoms with Gasteiger partial charge in [-0.3, -0.25) is 24.0 Å². The van der Waals surface area contributed by atoms with Gasteiger partial charge in [0, 0.05) is 19.9 Å². The standard InChI is InChI=1S/C25H40N4O10/c1-14(2)20(21(25(35)36-6)39-17(5)30)28-23(33)18-10-8-12-29(18)24(34)16(4)27-22(32)15(3)26-19(31)11-9-13-38-37-7/h14-16,18H,8-13H2,1-7H3,(H,26,31)(H,27,32)(H,28,33)/b21-20+/t15?,16?,18-/m0/s1. The summed E-state index contributed by atoms with van der Waals surface area (Å²) in [6, 6.07) is -2.76. The summed E-state index contributed by atoms with van der Waals surface area (Å²) in [6.45, 7) is 7.96. The molecule has 1 heterocycles. The first kappa shape index (κ1) is 33.5. The number of hydrogen-bond acceptors (Lipinski definition) is 10. The number of carbonyl (C=O) groups excluding carboxylic acids is 6. The molecule has 1 rings (SSSR count). The average Bonchev–Trinajstić information content (AvgIpc) is 3.37. The molecule has 1 saturated heterocycles. The number of likely N-dealkylation sites (tertiary alicyclic amines) is 1. The Bertz CT molecular complexity index is 949. The van der Waals surface area contributed by atoms with Gasteiger partial charge in [-0.1, -0.05) is 13.8 Å². The van der Waals surface area contributed by atoms with Gasteiger partial charge in [0.1, 0.15) is 18.1 Å². The topological polar surface area (TPSA) is 179 Å². The van der Waals surface area contributed by atoms with Crippen molar-refractivity contribution in [3.8, 4) is 0 Å². The van der Waals surface area contributed by atoms with Crippen LogP contribution >= 0.6 is 0 Å². The van der Waals surface area contributed by atoms with Gasteiger partial charge in [-0.2, -0.15) is 0 Å². The molecule has 1 aliphatic rings. The Morgan fingerprint density at radius 3 is 2.21 bits per heavy atom. The number of methoxy groups -OCH3 is 1. The third kappa shape index (κ3) is 10.6. The van der Waals surface area contributed by atoms with Crippen LogP contribution in [-0.2, 0) is 48.0 Å². The quantitative estimate of drug-likeness (QED) is 0.0662. The molecule has 1 aliphatic heterocycles. The van der Waals surface area contributed by atoms with Crippen LogP contribution in [0.4, 0.5) is 0 Å². The Morgan fingerprint density at radius 2 is 1.64 bits per heavy atom. The summed E-state index contributed by atoms with van der Waals surface area (Å²) in [6.07, 6.45) is 1.42. The number of rotatable bonds is 14. The molecule has 39 heavy (non-hydrogen) atoms. The fourth-order valence-corrected chi connectivity index (χ4v) is 3.83. The van der Waals surface area contributed by atoms with Crippen LogP contribution in [0.5, 0.6) is 0 Å². The van der Waals surface area contributed by atoms with Crippen molar-refractivity contribution in [3.05, 3.63) is 11.5 Å². The number of amides is 4. The van der Waals surface area contributed by atoms with Crippen LogP contribution in [0.25, 0.3) is 0 Å². The molecule has 0 aromatic heterocycles. The second-order valence-electron chi connectivity index (χ2n) is 9.27. The zero-order valence-corrected chi connectivity index (χ0v) is 23.6. The van der Waals surface area contributed by atoms with Gasteiger partial charge in [-0.15, -0.1) is 0 Å². The van der Waals surface area contributed by atoms with Crippen molar-refractivity contribution in [1.82, 2.24) is 20.9 Å². The minimum absolute atomic E-state index is 0.0426. The van der Waals surface area contributed by atoms with Gasteiger partial charge >= 0.3 is 11.9 Å². The van der Waals surface area contributed by atoms with Crippen molar-refractivity contribution in [2.24, 2.45) is 5.92 Å². The monoisotopic (exact) mass is 556 g/mol. The lowest BCUT2D eigenvalue weighted by molar-refractivity contribution is -0.272. The number of esters is 2. The molecule has 4 amide bonds. The molecule has 0 spiro atoms. The molecular weight excluding hydrogens is 516 g/mol. The summed E-state index contributed by atoms with van der Waals surface area (Å²) in [4.78, 5) is 85.1. The summed E-state index contributed by atoms with van der Waals surface area (Å²) in [5.74, 6) is -4.56. The Hall–Kier alpha value is -3.52. The molecule has 0 aromatic carbocycles. The number of nitrogens with zero attached hydrogens (tertiary/aromatic N) is 1. The number of allylic oxidation sites excluding steroid dienone is 1. The molecule has 0 aliphatic carbocycles. The van der Waals surface area contributed by atoms with Crippen LogP contribution in [0.2, 0.25) is 0 Å². The number of carbonyl (C=O) groups is 6. The largest absolute Gasteiger partial charge is 0.463 e. The molecule has 0 bridgehead atoms. The Labute approximate surface area is 228 Å². The maximum Gasteiger partial charge on any atom is 0.375 e. The van der Waals surface area contributed by atoms with Gasteiger partial charge < -0.3 is 30.3 Å². The van der Waals surface area contributed by atoms with Gasteiger partial charge in [0.2, 0.25) is 29.4 Å². The molecule has 2 unspecified atom stereocenters. The molecule has 220 valence electrons. The van der Waals surface area contributed by atoms with E-state index in [0.29, 0.717) is 19.3 Å². The second kappa shape index (κ2) is 16.4. The molecule has 3 atom stereocenters. The van der Waals surface area contributed by atoms with E-state index in [-0.39, 0.29) is 31.2 Å². The third-order valence-electron chi connectivity index (χ3n) is 5.78. The zero-order chi connectivity index (χ0) is 29.7. The summed E-state index contributed by atoms with van der Waals surface area (Å²) in [5.41, 5.74) is 0.0426. The highest BCUT2D eigenvalue weighted by atomic mass is 17.2. The van der Waals surface area contributed by atoms with E-state index in [4.69, 9.17) is 9.62 Å². The summed E-state index contributed by atoms with van der Waals surface area (Å²) >= 11 is 0. The molecular formula is C25H40N4O10. The predicted octanol–water partition coefficient (Wildman–Crippen LogP) is 0.0649. The highest BCUT2D eigenvalue weighted by Gasteiger charge is 2.38. The van der Waals surface area contributed by atoms with E-state index in [1.54, 1.807) is 13.8 Å². The molecule has 0 aromatic rings. The Kier molecular flexibility index (Phi) is 14.1. The van der Waals surface area contributed by atoms with Gasteiger partial charge in [-0.25, -0.2) is 14.6 Å².